The summed E-state index contributed by atoms with van der Waals surface area (Å²) >= 11 is 7.96. The predicted molar refractivity (Wildman–Crippen MR) is 175 cm³/mol. The van der Waals surface area contributed by atoms with Crippen LogP contribution in [0.2, 0.25) is 5.02 Å². The van der Waals surface area contributed by atoms with Crippen molar-refractivity contribution in [2.75, 3.05) is 7.11 Å². The number of H-pyrrole nitrogens is 1. The molecule has 0 radical (unpaired) electrons. The number of ketones is 4. The SMILES string of the molecule is COC1=CC(=O)c2c(O)c3c(c(O)c2C1=O)C(=O)[C@]1(CCc2c1c(O)c1c(=O)[nH]c(/C=N/OCc4cccc(Cl)c4)cc1c2I)C3=O. The van der Waals surface area contributed by atoms with E-state index in [1.807, 2.05) is 22.6 Å². The zero-order valence-electron chi connectivity index (χ0n) is 24.1. The fraction of sp³-hybridized carbons (Fsp3) is 0.152. The molecular weight excluding hydrogens is 747 g/mol. The number of aromatic nitrogens is 1. The van der Waals surface area contributed by atoms with Crippen molar-refractivity contribution in [2.24, 2.45) is 5.16 Å². The third-order valence-corrected chi connectivity index (χ3v) is 10.2. The van der Waals surface area contributed by atoms with Crippen LogP contribution in [0.4, 0.5) is 0 Å². The summed E-state index contributed by atoms with van der Waals surface area (Å²) in [6.45, 7) is 0.119. The summed E-state index contributed by atoms with van der Waals surface area (Å²) in [5.74, 6) is -6.77. The topological polar surface area (TPSA) is 193 Å². The number of nitrogens with zero attached hydrogens (tertiary/aromatic N) is 1. The minimum atomic E-state index is -2.14. The number of phenolic OH excluding ortho intramolecular Hbond substituents is 3. The number of pyridine rings is 1. The molecule has 0 unspecified atom stereocenters. The molecule has 3 aromatic carbocycles. The largest absolute Gasteiger partial charge is 0.507 e. The molecule has 4 aromatic rings. The summed E-state index contributed by atoms with van der Waals surface area (Å²) in [6.07, 6.45) is 2.03. The van der Waals surface area contributed by atoms with Crippen LogP contribution in [0.25, 0.3) is 10.8 Å². The van der Waals surface area contributed by atoms with E-state index in [1.165, 1.54) is 6.21 Å². The Balaban J connectivity index is 1.33. The van der Waals surface area contributed by atoms with E-state index in [1.54, 1.807) is 30.3 Å². The Morgan fingerprint density at radius 2 is 1.70 bits per heavy atom. The van der Waals surface area contributed by atoms with Gasteiger partial charge in [0.05, 0.1) is 46.7 Å². The molecule has 1 heterocycles. The molecule has 47 heavy (non-hydrogen) atoms. The predicted octanol–water partition coefficient (Wildman–Crippen LogP) is 4.63. The van der Waals surface area contributed by atoms with Crippen molar-refractivity contribution in [1.82, 2.24) is 4.98 Å². The molecule has 0 aliphatic heterocycles. The van der Waals surface area contributed by atoms with Gasteiger partial charge in [0, 0.05) is 25.6 Å². The van der Waals surface area contributed by atoms with Crippen molar-refractivity contribution >= 4 is 74.3 Å². The first-order valence-corrected chi connectivity index (χ1v) is 15.4. The minimum absolute atomic E-state index is 0.107. The average molecular weight is 767 g/mol. The number of aromatic hydroxyl groups is 3. The van der Waals surface area contributed by atoms with E-state index in [9.17, 15) is 39.3 Å². The van der Waals surface area contributed by atoms with Gasteiger partial charge < -0.3 is 29.9 Å². The molecule has 0 amide bonds. The molecule has 7 rings (SSSR count). The first-order valence-electron chi connectivity index (χ1n) is 14.0. The molecule has 3 aliphatic carbocycles. The summed E-state index contributed by atoms with van der Waals surface area (Å²) in [7, 11) is 1.13. The van der Waals surface area contributed by atoms with Gasteiger partial charge in [-0.25, -0.2) is 0 Å². The highest BCUT2D eigenvalue weighted by molar-refractivity contribution is 14.1. The highest BCUT2D eigenvalue weighted by Gasteiger charge is 2.62. The Morgan fingerprint density at radius 1 is 1.00 bits per heavy atom. The Labute approximate surface area is 282 Å². The smallest absolute Gasteiger partial charge is 0.260 e. The summed E-state index contributed by atoms with van der Waals surface area (Å²) in [6, 6.07) is 8.58. The number of hydrogen-bond donors (Lipinski definition) is 4. The number of Topliss-reactive ketones (excluding diaryl/α,β-unsaturated/α-hetero) is 3. The highest BCUT2D eigenvalue weighted by Crippen LogP contribution is 2.58. The molecule has 14 heteroatoms. The van der Waals surface area contributed by atoms with Crippen LogP contribution < -0.4 is 5.56 Å². The van der Waals surface area contributed by atoms with E-state index >= 15 is 0 Å². The fourth-order valence-corrected chi connectivity index (χ4v) is 7.88. The highest BCUT2D eigenvalue weighted by atomic mass is 127. The van der Waals surface area contributed by atoms with E-state index in [-0.39, 0.29) is 36.1 Å². The summed E-state index contributed by atoms with van der Waals surface area (Å²) in [5, 5.41) is 38.6. The van der Waals surface area contributed by atoms with Crippen LogP contribution in [-0.4, -0.2) is 56.8 Å². The lowest BCUT2D eigenvalue weighted by atomic mass is 9.76. The normalized spacial score (nSPS) is 18.2. The zero-order valence-corrected chi connectivity index (χ0v) is 27.0. The number of rotatable bonds is 5. The standard InChI is InChI=1S/C33H20ClIN2O10/c1-46-18-9-17(38)20-21(26(18)39)28(41)23-22(27(20)40)30(43)33(31(23)44)6-5-15-24(33)29(42)19-16(25(15)35)8-14(37-32(19)45)10-36-47-11-12-3-2-4-13(34)7-12/h2-4,7-10,40-42H,5-6,11H2,1H3,(H,37,45)/b36-10+/t33-/m0/s1. The van der Waals surface area contributed by atoms with E-state index < -0.39 is 79.4 Å². The molecule has 236 valence electrons. The van der Waals surface area contributed by atoms with Crippen molar-refractivity contribution in [2.45, 2.75) is 24.9 Å². The number of halogens is 2. The third kappa shape index (κ3) is 4.18. The number of nitrogens with one attached hydrogen (secondary N) is 1. The van der Waals surface area contributed by atoms with Crippen molar-refractivity contribution in [3.63, 3.8) is 0 Å². The van der Waals surface area contributed by atoms with E-state index in [4.69, 9.17) is 21.2 Å². The van der Waals surface area contributed by atoms with Gasteiger partial charge in [0.2, 0.25) is 5.78 Å². The summed E-state index contributed by atoms with van der Waals surface area (Å²) < 4.78 is 5.41. The van der Waals surface area contributed by atoms with Gasteiger partial charge in [-0.15, -0.1) is 0 Å². The maximum Gasteiger partial charge on any atom is 0.260 e. The number of fused-ring (bicyclic) bond motifs is 5. The molecule has 12 nitrogen and oxygen atoms in total. The van der Waals surface area contributed by atoms with Crippen LogP contribution in [-0.2, 0) is 28.0 Å². The molecule has 1 spiro atoms. The number of ether oxygens (including phenoxy) is 1. The van der Waals surface area contributed by atoms with E-state index in [0.29, 0.717) is 19.5 Å². The Kier molecular flexibility index (Phi) is 7.02. The number of phenols is 3. The van der Waals surface area contributed by atoms with Gasteiger partial charge in [-0.2, -0.15) is 0 Å². The van der Waals surface area contributed by atoms with Gasteiger partial charge in [-0.1, -0.05) is 28.9 Å². The van der Waals surface area contributed by atoms with E-state index in [0.717, 1.165) is 18.7 Å². The van der Waals surface area contributed by atoms with Crippen LogP contribution in [0.5, 0.6) is 17.2 Å². The quantitative estimate of drug-likeness (QED) is 0.0733. The zero-order chi connectivity index (χ0) is 33.5. The van der Waals surface area contributed by atoms with Crippen LogP contribution in [0, 0.1) is 3.57 Å². The maximum atomic E-state index is 14.2. The lowest BCUT2D eigenvalue weighted by Crippen LogP contribution is -2.36. The number of benzene rings is 3. The maximum absolute atomic E-state index is 14.2. The minimum Gasteiger partial charge on any atom is -0.507 e. The number of carbonyl (C=O) groups is 4. The lowest BCUT2D eigenvalue weighted by molar-refractivity contribution is 0.0790. The van der Waals surface area contributed by atoms with E-state index in [2.05, 4.69) is 10.1 Å². The first-order chi connectivity index (χ1) is 22.4. The van der Waals surface area contributed by atoms with Crippen LogP contribution >= 0.6 is 34.2 Å². The number of oxime groups is 1. The number of allylic oxidation sites excluding steroid dienone is 2. The van der Waals surface area contributed by atoms with Gasteiger partial charge in [0.15, 0.2) is 23.1 Å². The molecule has 0 fully saturated rings. The van der Waals surface area contributed by atoms with Crippen LogP contribution in [0.1, 0.15) is 70.2 Å². The Bertz CT molecular complexity index is 2310. The second kappa shape index (κ2) is 10.8. The number of aromatic amines is 1. The van der Waals surface area contributed by atoms with Gasteiger partial charge in [-0.3, -0.25) is 24.0 Å². The van der Waals surface area contributed by atoms with Crippen molar-refractivity contribution in [1.29, 1.82) is 0 Å². The van der Waals surface area contributed by atoms with Gasteiger partial charge in [0.25, 0.3) is 5.56 Å². The summed E-state index contributed by atoms with van der Waals surface area (Å²) in [5.41, 5.74) is -4.17. The van der Waals surface area contributed by atoms with Crippen molar-refractivity contribution in [3.05, 3.63) is 106 Å². The number of methoxy groups -OCH3 is 1. The molecule has 1 aromatic heterocycles. The average Bonchev–Trinajstić information content (AvgIpc) is 3.55. The first kappa shape index (κ1) is 30.6. The Morgan fingerprint density at radius 3 is 2.38 bits per heavy atom. The van der Waals surface area contributed by atoms with Crippen molar-refractivity contribution in [3.8, 4) is 17.2 Å². The molecule has 3 aliphatic rings. The third-order valence-electron chi connectivity index (χ3n) is 8.75. The Hall–Kier alpha value is -5.02. The molecular formula is C33H20ClIN2O10. The second-order valence-corrected chi connectivity index (χ2v) is 12.7. The molecule has 0 saturated heterocycles. The number of hydrogen-bond acceptors (Lipinski definition) is 11. The van der Waals surface area contributed by atoms with Crippen molar-refractivity contribution < 1.29 is 44.1 Å². The van der Waals surface area contributed by atoms with Gasteiger partial charge in [0.1, 0.15) is 29.3 Å². The lowest BCUT2D eigenvalue weighted by Gasteiger charge is -2.23. The number of carbonyl (C=O) groups excluding carboxylic acids is 4. The monoisotopic (exact) mass is 766 g/mol. The molecule has 0 saturated carbocycles. The molecule has 4 N–H and O–H groups in total. The second-order valence-electron chi connectivity index (χ2n) is 11.2. The van der Waals surface area contributed by atoms with Gasteiger partial charge in [-0.05, 0) is 64.8 Å². The van der Waals surface area contributed by atoms with Crippen LogP contribution in [0.15, 0.2) is 52.1 Å². The van der Waals surface area contributed by atoms with Gasteiger partial charge >= 0.3 is 0 Å². The molecule has 0 bridgehead atoms. The fourth-order valence-electron chi connectivity index (χ4n) is 6.70. The summed E-state index contributed by atoms with van der Waals surface area (Å²) in [4.78, 5) is 75.6. The van der Waals surface area contributed by atoms with Crippen LogP contribution in [0.3, 0.4) is 0 Å². The molecule has 1 atom stereocenters.